The number of hydrogen-bond donors (Lipinski definition) is 1. The van der Waals surface area contributed by atoms with Gasteiger partial charge >= 0.3 is 5.63 Å². The average molecular weight is 337 g/mol. The van der Waals surface area contributed by atoms with Crippen LogP contribution in [0, 0.1) is 6.92 Å². The molecule has 4 nitrogen and oxygen atoms in total. The molecule has 0 aliphatic rings. The Morgan fingerprint density at radius 1 is 1.04 bits per heavy atom. The van der Waals surface area contributed by atoms with Crippen molar-refractivity contribution < 1.29 is 9.52 Å². The second kappa shape index (κ2) is 7.11. The molecule has 0 unspecified atom stereocenters. The van der Waals surface area contributed by atoms with Gasteiger partial charge in [-0.1, -0.05) is 36.8 Å². The summed E-state index contributed by atoms with van der Waals surface area (Å²) in [6.07, 6.45) is 0.722. The second-order valence-electron chi connectivity index (χ2n) is 6.58. The summed E-state index contributed by atoms with van der Waals surface area (Å²) in [5, 5.41) is 10.9. The molecule has 1 heterocycles. The molecule has 0 fully saturated rings. The summed E-state index contributed by atoms with van der Waals surface area (Å²) in [6.45, 7) is 5.48. The van der Waals surface area contributed by atoms with Gasteiger partial charge in [0.05, 0.1) is 0 Å². The summed E-state index contributed by atoms with van der Waals surface area (Å²) in [4.78, 5) is 14.0. The van der Waals surface area contributed by atoms with E-state index in [2.05, 4.69) is 36.1 Å². The lowest BCUT2D eigenvalue weighted by atomic mass is 10.0. The number of hydrogen-bond acceptors (Lipinski definition) is 4. The molecule has 0 atom stereocenters. The molecule has 0 saturated heterocycles. The molecule has 0 spiro atoms. The minimum atomic E-state index is -0.394. The van der Waals surface area contributed by atoms with Gasteiger partial charge in [-0.3, -0.25) is 4.90 Å². The van der Waals surface area contributed by atoms with Gasteiger partial charge in [0.25, 0.3) is 0 Å². The lowest BCUT2D eigenvalue weighted by Crippen LogP contribution is -2.18. The van der Waals surface area contributed by atoms with Crippen LogP contribution in [-0.2, 0) is 19.5 Å². The van der Waals surface area contributed by atoms with Gasteiger partial charge in [0, 0.05) is 30.6 Å². The first-order valence-corrected chi connectivity index (χ1v) is 8.49. The highest BCUT2D eigenvalue weighted by Crippen LogP contribution is 2.27. The summed E-state index contributed by atoms with van der Waals surface area (Å²) < 4.78 is 5.26. The highest BCUT2D eigenvalue weighted by atomic mass is 16.4. The van der Waals surface area contributed by atoms with Gasteiger partial charge in [0.15, 0.2) is 0 Å². The number of fused-ring (bicyclic) bond motifs is 1. The van der Waals surface area contributed by atoms with Crippen LogP contribution in [0.5, 0.6) is 5.75 Å². The van der Waals surface area contributed by atoms with Gasteiger partial charge in [-0.05, 0) is 43.1 Å². The molecule has 0 bridgehead atoms. The maximum Gasteiger partial charge on any atom is 0.336 e. The number of benzene rings is 2. The first-order chi connectivity index (χ1) is 12.0. The van der Waals surface area contributed by atoms with E-state index in [4.69, 9.17) is 4.42 Å². The predicted octanol–water partition coefficient (Wildman–Crippen LogP) is 4.00. The van der Waals surface area contributed by atoms with Gasteiger partial charge in [-0.15, -0.1) is 0 Å². The van der Waals surface area contributed by atoms with Crippen molar-refractivity contribution in [2.24, 2.45) is 0 Å². The third-order valence-electron chi connectivity index (χ3n) is 4.42. The Hall–Kier alpha value is -2.59. The maximum absolute atomic E-state index is 11.9. The van der Waals surface area contributed by atoms with Crippen LogP contribution in [0.2, 0.25) is 0 Å². The van der Waals surface area contributed by atoms with Crippen molar-refractivity contribution in [2.45, 2.75) is 33.4 Å². The van der Waals surface area contributed by atoms with E-state index in [0.29, 0.717) is 12.1 Å². The number of aryl methyl sites for hydroxylation is 2. The topological polar surface area (TPSA) is 53.7 Å². The number of aromatic hydroxyl groups is 1. The van der Waals surface area contributed by atoms with Crippen LogP contribution in [0.15, 0.2) is 51.7 Å². The molecule has 3 aromatic rings. The van der Waals surface area contributed by atoms with Crippen LogP contribution in [0.25, 0.3) is 11.0 Å². The first-order valence-electron chi connectivity index (χ1n) is 8.49. The number of rotatable bonds is 5. The highest BCUT2D eigenvalue weighted by molar-refractivity contribution is 5.82. The molecule has 1 N–H and O–H groups in total. The Kier molecular flexibility index (Phi) is 4.91. The first kappa shape index (κ1) is 17.2. The molecule has 0 radical (unpaired) electrons. The summed E-state index contributed by atoms with van der Waals surface area (Å²) in [5.41, 5.74) is 4.27. The van der Waals surface area contributed by atoms with E-state index in [1.807, 2.05) is 20.0 Å². The van der Waals surface area contributed by atoms with E-state index in [-0.39, 0.29) is 5.75 Å². The van der Waals surface area contributed by atoms with Crippen molar-refractivity contribution in [3.05, 3.63) is 75.1 Å². The second-order valence-corrected chi connectivity index (χ2v) is 6.58. The zero-order valence-corrected chi connectivity index (χ0v) is 14.9. The summed E-state index contributed by atoms with van der Waals surface area (Å²) >= 11 is 0. The molecule has 25 heavy (non-hydrogen) atoms. The van der Waals surface area contributed by atoms with Gasteiger partial charge in [0.2, 0.25) is 0 Å². The highest BCUT2D eigenvalue weighted by Gasteiger charge is 2.12. The Balaban J connectivity index is 1.91. The zero-order chi connectivity index (χ0) is 18.0. The monoisotopic (exact) mass is 337 g/mol. The normalized spacial score (nSPS) is 11.4. The number of nitrogens with zero attached hydrogens (tertiary/aromatic N) is 1. The van der Waals surface area contributed by atoms with Crippen molar-refractivity contribution in [3.63, 3.8) is 0 Å². The minimum Gasteiger partial charge on any atom is -0.508 e. The van der Waals surface area contributed by atoms with Crippen LogP contribution in [0.3, 0.4) is 0 Å². The fraction of sp³-hybridized carbons (Fsp3) is 0.286. The smallest absolute Gasteiger partial charge is 0.336 e. The molecule has 4 heteroatoms. The van der Waals surface area contributed by atoms with Crippen LogP contribution < -0.4 is 5.63 Å². The standard InChI is InChI=1S/C21H23NO3/c1-4-16-9-18-17(10-21(24)25-20(18)11-19(16)23)13-22(3)12-15-7-5-14(2)6-8-15/h5-11,23H,4,12-13H2,1-3H3. The van der Waals surface area contributed by atoms with E-state index in [1.165, 1.54) is 11.1 Å². The van der Waals surface area contributed by atoms with Crippen LogP contribution in [0.1, 0.15) is 29.2 Å². The average Bonchev–Trinajstić information content (AvgIpc) is 2.56. The minimum absolute atomic E-state index is 0.170. The third-order valence-corrected chi connectivity index (χ3v) is 4.42. The van der Waals surface area contributed by atoms with E-state index < -0.39 is 5.63 Å². The Labute approximate surface area is 147 Å². The number of phenolic OH excluding ortho intramolecular Hbond substituents is 1. The Bertz CT molecular complexity index is 942. The van der Waals surface area contributed by atoms with Crippen LogP contribution in [0.4, 0.5) is 0 Å². The molecule has 0 amide bonds. The SMILES string of the molecule is CCc1cc2c(CN(C)Cc3ccc(C)cc3)cc(=O)oc2cc1O. The predicted molar refractivity (Wildman–Crippen MR) is 99.9 cm³/mol. The maximum atomic E-state index is 11.9. The molecule has 130 valence electrons. The van der Waals surface area contributed by atoms with Crippen molar-refractivity contribution >= 4 is 11.0 Å². The van der Waals surface area contributed by atoms with Crippen LogP contribution >= 0.6 is 0 Å². The van der Waals surface area contributed by atoms with E-state index in [1.54, 1.807) is 12.1 Å². The Morgan fingerprint density at radius 3 is 2.44 bits per heavy atom. The molecule has 0 aliphatic carbocycles. The van der Waals surface area contributed by atoms with Crippen molar-refractivity contribution in [3.8, 4) is 5.75 Å². The molecule has 0 aliphatic heterocycles. The molecule has 0 saturated carbocycles. The molecule has 1 aromatic heterocycles. The summed E-state index contributed by atoms with van der Waals surface area (Å²) in [7, 11) is 2.03. The third kappa shape index (κ3) is 3.91. The fourth-order valence-corrected chi connectivity index (χ4v) is 3.07. The quantitative estimate of drug-likeness (QED) is 0.715. The van der Waals surface area contributed by atoms with Gasteiger partial charge in [-0.25, -0.2) is 4.79 Å². The van der Waals surface area contributed by atoms with Crippen molar-refractivity contribution in [1.82, 2.24) is 4.90 Å². The van der Waals surface area contributed by atoms with Gasteiger partial charge < -0.3 is 9.52 Å². The molecule has 2 aromatic carbocycles. The molecule has 3 rings (SSSR count). The van der Waals surface area contributed by atoms with E-state index >= 15 is 0 Å². The van der Waals surface area contributed by atoms with Crippen LogP contribution in [-0.4, -0.2) is 17.1 Å². The lowest BCUT2D eigenvalue weighted by molar-refractivity contribution is 0.319. The summed E-state index contributed by atoms with van der Waals surface area (Å²) in [6, 6.07) is 13.5. The molecular formula is C21H23NO3. The van der Waals surface area contributed by atoms with Gasteiger partial charge in [-0.2, -0.15) is 0 Å². The number of phenols is 1. The fourth-order valence-electron chi connectivity index (χ4n) is 3.07. The zero-order valence-electron chi connectivity index (χ0n) is 14.9. The largest absolute Gasteiger partial charge is 0.508 e. The van der Waals surface area contributed by atoms with Crippen molar-refractivity contribution in [2.75, 3.05) is 7.05 Å². The molecular weight excluding hydrogens is 314 g/mol. The Morgan fingerprint density at radius 2 is 1.76 bits per heavy atom. The van der Waals surface area contributed by atoms with Crippen molar-refractivity contribution in [1.29, 1.82) is 0 Å². The van der Waals surface area contributed by atoms with E-state index in [0.717, 1.165) is 29.5 Å². The lowest BCUT2D eigenvalue weighted by Gasteiger charge is -2.18. The van der Waals surface area contributed by atoms with E-state index in [9.17, 15) is 9.90 Å². The summed E-state index contributed by atoms with van der Waals surface area (Å²) in [5.74, 6) is 0.170. The van der Waals surface area contributed by atoms with Gasteiger partial charge in [0.1, 0.15) is 11.3 Å².